The first-order valence-corrected chi connectivity index (χ1v) is 7.68. The number of ether oxygens (including phenoxy) is 1. The highest BCUT2D eigenvalue weighted by molar-refractivity contribution is 5.89. The molecule has 0 fully saturated rings. The number of rotatable bonds is 6. The van der Waals surface area contributed by atoms with E-state index in [4.69, 9.17) is 10.5 Å². The molecule has 0 atom stereocenters. The smallest absolute Gasteiger partial charge is 0.288 e. The van der Waals surface area contributed by atoms with Crippen LogP contribution in [-0.2, 0) is 11.3 Å². The zero-order chi connectivity index (χ0) is 16.9. The average Bonchev–Trinajstić information content (AvgIpc) is 3.07. The van der Waals surface area contributed by atoms with Crippen molar-refractivity contribution in [2.75, 3.05) is 6.61 Å². The van der Waals surface area contributed by atoms with Gasteiger partial charge in [-0.1, -0.05) is 42.5 Å². The Morgan fingerprint density at radius 3 is 2.67 bits per heavy atom. The van der Waals surface area contributed by atoms with Gasteiger partial charge < -0.3 is 10.5 Å². The second-order valence-electron chi connectivity index (χ2n) is 5.21. The highest BCUT2D eigenvalue weighted by Crippen LogP contribution is 2.21. The summed E-state index contributed by atoms with van der Waals surface area (Å²) in [6.07, 6.45) is 0. The molecule has 3 rings (SSSR count). The number of primary amides is 1. The minimum atomic E-state index is -0.656. The molecule has 0 aliphatic heterocycles. The molecular formula is C18H18N4O2. The molecule has 2 N–H and O–H groups in total. The summed E-state index contributed by atoms with van der Waals surface area (Å²) in [6.45, 7) is 3.12. The van der Waals surface area contributed by atoms with Crippen LogP contribution in [0.1, 0.15) is 23.1 Å². The fourth-order valence-corrected chi connectivity index (χ4v) is 2.37. The van der Waals surface area contributed by atoms with Gasteiger partial charge in [-0.05, 0) is 24.6 Å². The van der Waals surface area contributed by atoms with Crippen molar-refractivity contribution < 1.29 is 9.53 Å². The molecule has 6 heteroatoms. The number of carbonyl (C=O) groups is 1. The number of benzene rings is 2. The Hall–Kier alpha value is -2.99. The quantitative estimate of drug-likeness (QED) is 0.756. The van der Waals surface area contributed by atoms with Gasteiger partial charge in [-0.3, -0.25) is 4.79 Å². The van der Waals surface area contributed by atoms with Gasteiger partial charge in [0.2, 0.25) is 5.82 Å². The molecule has 1 heterocycles. The van der Waals surface area contributed by atoms with Gasteiger partial charge >= 0.3 is 0 Å². The molecule has 3 aromatic rings. The molecule has 1 amide bonds. The summed E-state index contributed by atoms with van der Waals surface area (Å²) in [5.74, 6) is -0.0987. The van der Waals surface area contributed by atoms with E-state index in [1.54, 1.807) is 4.68 Å². The number of amides is 1. The van der Waals surface area contributed by atoms with Gasteiger partial charge in [0.1, 0.15) is 0 Å². The first-order valence-electron chi connectivity index (χ1n) is 7.68. The normalized spacial score (nSPS) is 10.7. The van der Waals surface area contributed by atoms with Crippen molar-refractivity contribution in [2.45, 2.75) is 13.5 Å². The average molecular weight is 322 g/mol. The van der Waals surface area contributed by atoms with E-state index in [1.165, 1.54) is 0 Å². The molecule has 0 unspecified atom stereocenters. The van der Waals surface area contributed by atoms with Crippen LogP contribution in [0.25, 0.3) is 17.1 Å². The maximum atomic E-state index is 11.5. The Balaban J connectivity index is 2.08. The highest BCUT2D eigenvalue weighted by Gasteiger charge is 2.16. The molecule has 0 spiro atoms. The molecular weight excluding hydrogens is 304 g/mol. The standard InChI is InChI=1S/C18H18N4O2/c1-2-24-12-13-7-6-10-15(11-13)22-18(14-8-4-3-5-9-14)20-17(21-22)16(19)23/h3-11H,2,12H2,1H3,(H2,19,23). The molecule has 0 aliphatic rings. The van der Waals surface area contributed by atoms with E-state index in [9.17, 15) is 4.79 Å². The van der Waals surface area contributed by atoms with Crippen molar-refractivity contribution in [3.63, 3.8) is 0 Å². The summed E-state index contributed by atoms with van der Waals surface area (Å²) < 4.78 is 7.08. The third kappa shape index (κ3) is 3.33. The Kier molecular flexibility index (Phi) is 4.67. The maximum Gasteiger partial charge on any atom is 0.288 e. The van der Waals surface area contributed by atoms with Gasteiger partial charge in [0.05, 0.1) is 12.3 Å². The lowest BCUT2D eigenvalue weighted by Crippen LogP contribution is -2.13. The number of carbonyl (C=O) groups excluding carboxylic acids is 1. The predicted molar refractivity (Wildman–Crippen MR) is 90.6 cm³/mol. The molecule has 1 aromatic heterocycles. The third-order valence-corrected chi connectivity index (χ3v) is 3.49. The molecule has 24 heavy (non-hydrogen) atoms. The van der Waals surface area contributed by atoms with Crippen LogP contribution < -0.4 is 5.73 Å². The molecule has 0 aliphatic carbocycles. The largest absolute Gasteiger partial charge is 0.377 e. The minimum Gasteiger partial charge on any atom is -0.377 e. The van der Waals surface area contributed by atoms with Crippen molar-refractivity contribution in [2.24, 2.45) is 5.73 Å². The Bertz CT molecular complexity index is 843. The van der Waals surface area contributed by atoms with Crippen LogP contribution in [0.4, 0.5) is 0 Å². The zero-order valence-electron chi connectivity index (χ0n) is 13.3. The summed E-state index contributed by atoms with van der Waals surface area (Å²) in [5.41, 5.74) is 8.02. The lowest BCUT2D eigenvalue weighted by atomic mass is 10.2. The van der Waals surface area contributed by atoms with E-state index in [2.05, 4.69) is 10.1 Å². The van der Waals surface area contributed by atoms with Crippen molar-refractivity contribution in [1.29, 1.82) is 0 Å². The van der Waals surface area contributed by atoms with Gasteiger partial charge in [0.15, 0.2) is 5.82 Å². The molecule has 0 saturated heterocycles. The monoisotopic (exact) mass is 322 g/mol. The van der Waals surface area contributed by atoms with Crippen LogP contribution in [0.15, 0.2) is 54.6 Å². The van der Waals surface area contributed by atoms with Crippen LogP contribution in [0, 0.1) is 0 Å². The summed E-state index contributed by atoms with van der Waals surface area (Å²) in [6, 6.07) is 17.3. The van der Waals surface area contributed by atoms with Crippen molar-refractivity contribution >= 4 is 5.91 Å². The Morgan fingerprint density at radius 2 is 1.96 bits per heavy atom. The maximum absolute atomic E-state index is 11.5. The van der Waals surface area contributed by atoms with E-state index in [1.807, 2.05) is 61.5 Å². The van der Waals surface area contributed by atoms with Crippen molar-refractivity contribution in [1.82, 2.24) is 14.8 Å². The third-order valence-electron chi connectivity index (χ3n) is 3.49. The van der Waals surface area contributed by atoms with Gasteiger partial charge in [0.25, 0.3) is 5.91 Å². The van der Waals surface area contributed by atoms with Crippen LogP contribution in [0.5, 0.6) is 0 Å². The van der Waals surface area contributed by atoms with Crippen molar-refractivity contribution in [3.05, 3.63) is 66.0 Å². The van der Waals surface area contributed by atoms with Gasteiger partial charge in [-0.15, -0.1) is 5.10 Å². The first kappa shape index (κ1) is 15.9. The van der Waals surface area contributed by atoms with Crippen LogP contribution >= 0.6 is 0 Å². The second-order valence-corrected chi connectivity index (χ2v) is 5.21. The molecule has 6 nitrogen and oxygen atoms in total. The Morgan fingerprint density at radius 1 is 1.17 bits per heavy atom. The Labute approximate surface area is 139 Å². The fourth-order valence-electron chi connectivity index (χ4n) is 2.37. The number of aromatic nitrogens is 3. The summed E-state index contributed by atoms with van der Waals surface area (Å²) in [4.78, 5) is 15.8. The molecule has 0 saturated carbocycles. The van der Waals surface area contributed by atoms with Crippen LogP contribution in [0.3, 0.4) is 0 Å². The molecule has 0 radical (unpaired) electrons. The van der Waals surface area contributed by atoms with E-state index < -0.39 is 5.91 Å². The summed E-state index contributed by atoms with van der Waals surface area (Å²) >= 11 is 0. The number of nitrogens with zero attached hydrogens (tertiary/aromatic N) is 3. The lowest BCUT2D eigenvalue weighted by molar-refractivity contribution is 0.0990. The highest BCUT2D eigenvalue weighted by atomic mass is 16.5. The molecule has 2 aromatic carbocycles. The number of hydrogen-bond acceptors (Lipinski definition) is 4. The van der Waals surface area contributed by atoms with Gasteiger partial charge in [-0.25, -0.2) is 9.67 Å². The number of hydrogen-bond donors (Lipinski definition) is 1. The second kappa shape index (κ2) is 7.06. The number of nitrogens with two attached hydrogens (primary N) is 1. The molecule has 122 valence electrons. The minimum absolute atomic E-state index is 0.0101. The SMILES string of the molecule is CCOCc1cccc(-n2nc(C(N)=O)nc2-c2ccccc2)c1. The fraction of sp³-hybridized carbons (Fsp3) is 0.167. The van der Waals surface area contributed by atoms with E-state index in [0.29, 0.717) is 19.0 Å². The van der Waals surface area contributed by atoms with Crippen molar-refractivity contribution in [3.8, 4) is 17.1 Å². The summed E-state index contributed by atoms with van der Waals surface area (Å²) in [7, 11) is 0. The van der Waals surface area contributed by atoms with Crippen LogP contribution in [0.2, 0.25) is 0 Å². The molecule has 0 bridgehead atoms. The summed E-state index contributed by atoms with van der Waals surface area (Å²) in [5, 5.41) is 4.27. The van der Waals surface area contributed by atoms with E-state index in [0.717, 1.165) is 16.8 Å². The zero-order valence-corrected chi connectivity index (χ0v) is 13.3. The topological polar surface area (TPSA) is 83.0 Å². The van der Waals surface area contributed by atoms with E-state index in [-0.39, 0.29) is 5.82 Å². The van der Waals surface area contributed by atoms with Crippen LogP contribution in [-0.4, -0.2) is 27.3 Å². The lowest BCUT2D eigenvalue weighted by Gasteiger charge is -2.08. The first-order chi connectivity index (χ1) is 11.7. The van der Waals surface area contributed by atoms with Gasteiger partial charge in [0, 0.05) is 12.2 Å². The predicted octanol–water partition coefficient (Wildman–Crippen LogP) is 2.57. The van der Waals surface area contributed by atoms with Gasteiger partial charge in [-0.2, -0.15) is 0 Å². The van der Waals surface area contributed by atoms with E-state index >= 15 is 0 Å².